The fourth-order valence-electron chi connectivity index (χ4n) is 3.83. The molecule has 2 rings (SSSR count). The van der Waals surface area contributed by atoms with E-state index in [1.54, 1.807) is 0 Å². The van der Waals surface area contributed by atoms with Crippen LogP contribution in [0.3, 0.4) is 0 Å². The lowest BCUT2D eigenvalue weighted by atomic mass is 9.95. The normalized spacial score (nSPS) is 27.1. The summed E-state index contributed by atoms with van der Waals surface area (Å²) in [5.41, 5.74) is 0. The maximum absolute atomic E-state index is 6.09. The summed E-state index contributed by atoms with van der Waals surface area (Å²) in [4.78, 5) is 2.54. The van der Waals surface area contributed by atoms with Crippen LogP contribution in [0.1, 0.15) is 65.2 Å². The number of hydrogen-bond donors (Lipinski definition) is 0. The van der Waals surface area contributed by atoms with E-state index < -0.39 is 0 Å². The van der Waals surface area contributed by atoms with E-state index in [4.69, 9.17) is 4.74 Å². The molecule has 0 aromatic heterocycles. The van der Waals surface area contributed by atoms with Crippen molar-refractivity contribution < 1.29 is 4.74 Å². The van der Waals surface area contributed by atoms with Gasteiger partial charge in [0.1, 0.15) is 0 Å². The zero-order chi connectivity index (χ0) is 14.9. The third kappa shape index (κ3) is 5.75. The molecule has 2 aliphatic carbocycles. The van der Waals surface area contributed by atoms with Crippen LogP contribution in [0.25, 0.3) is 0 Å². The Morgan fingerprint density at radius 2 is 1.67 bits per heavy atom. The summed E-state index contributed by atoms with van der Waals surface area (Å²) in [5, 5.41) is 0. The van der Waals surface area contributed by atoms with E-state index in [-0.39, 0.29) is 0 Å². The summed E-state index contributed by atoms with van der Waals surface area (Å²) in [5.74, 6) is 2.49. The van der Waals surface area contributed by atoms with Gasteiger partial charge >= 0.3 is 0 Å². The Balaban J connectivity index is 1.61. The van der Waals surface area contributed by atoms with Crippen molar-refractivity contribution in [2.24, 2.45) is 17.8 Å². The van der Waals surface area contributed by atoms with E-state index >= 15 is 0 Å². The summed E-state index contributed by atoms with van der Waals surface area (Å²) >= 11 is 0. The highest BCUT2D eigenvalue weighted by molar-refractivity contribution is 5.09. The first kappa shape index (κ1) is 17.0. The lowest BCUT2D eigenvalue weighted by Crippen LogP contribution is -2.30. The van der Waals surface area contributed by atoms with Crippen LogP contribution in [0, 0.1) is 17.8 Å². The Labute approximate surface area is 131 Å². The molecule has 2 nitrogen and oxygen atoms in total. The predicted octanol–water partition coefficient (Wildman–Crippen LogP) is 4.86. The van der Waals surface area contributed by atoms with Gasteiger partial charge < -0.3 is 4.74 Å². The third-order valence-corrected chi connectivity index (χ3v) is 5.18. The van der Waals surface area contributed by atoms with Crippen molar-refractivity contribution in [3.8, 4) is 0 Å². The molecule has 21 heavy (non-hydrogen) atoms. The van der Waals surface area contributed by atoms with Crippen LogP contribution in [0.2, 0.25) is 0 Å². The van der Waals surface area contributed by atoms with Crippen LogP contribution < -0.4 is 0 Å². The first-order chi connectivity index (χ1) is 10.3. The molecule has 0 spiro atoms. The summed E-state index contributed by atoms with van der Waals surface area (Å²) < 4.78 is 6.09. The van der Waals surface area contributed by atoms with Gasteiger partial charge in [-0.15, -0.1) is 0 Å². The molecule has 0 radical (unpaired) electrons. The molecule has 2 aliphatic rings. The van der Waals surface area contributed by atoms with E-state index in [2.05, 4.69) is 30.9 Å². The molecule has 0 aromatic rings. The number of allylic oxidation sites excluding steroid dienone is 2. The van der Waals surface area contributed by atoms with Gasteiger partial charge in [-0.05, 0) is 43.4 Å². The largest absolute Gasteiger partial charge is 0.366 e. The maximum Gasteiger partial charge on any atom is 0.0990 e. The number of rotatable bonds is 12. The van der Waals surface area contributed by atoms with Crippen molar-refractivity contribution in [1.29, 1.82) is 0 Å². The minimum atomic E-state index is 0.799. The molecule has 0 aromatic carbocycles. The summed E-state index contributed by atoms with van der Waals surface area (Å²) in [7, 11) is 0. The zero-order valence-corrected chi connectivity index (χ0v) is 14.2. The molecule has 122 valence electrons. The molecule has 0 unspecified atom stereocenters. The van der Waals surface area contributed by atoms with Gasteiger partial charge in [-0.1, -0.05) is 51.7 Å². The minimum absolute atomic E-state index is 0.799. The number of hydrogen-bond acceptors (Lipinski definition) is 2. The lowest BCUT2D eigenvalue weighted by Gasteiger charge is -2.24. The van der Waals surface area contributed by atoms with Crippen LogP contribution >= 0.6 is 0 Å². The van der Waals surface area contributed by atoms with Crippen molar-refractivity contribution in [2.75, 3.05) is 26.4 Å². The highest BCUT2D eigenvalue weighted by Crippen LogP contribution is 2.43. The molecule has 0 amide bonds. The second-order valence-corrected chi connectivity index (χ2v) is 7.07. The lowest BCUT2D eigenvalue weighted by molar-refractivity contribution is 0.00525. The van der Waals surface area contributed by atoms with Gasteiger partial charge in [-0.25, -0.2) is 0 Å². The molecule has 0 saturated heterocycles. The van der Waals surface area contributed by atoms with Crippen molar-refractivity contribution in [3.05, 3.63) is 12.2 Å². The summed E-state index contributed by atoms with van der Waals surface area (Å²) in [6, 6.07) is 0. The number of fused-ring (bicyclic) bond motifs is 2. The van der Waals surface area contributed by atoms with E-state index in [0.29, 0.717) is 0 Å². The molecule has 1 saturated carbocycles. The van der Waals surface area contributed by atoms with Crippen molar-refractivity contribution in [1.82, 2.24) is 4.90 Å². The van der Waals surface area contributed by atoms with Gasteiger partial charge in [0.2, 0.25) is 0 Å². The van der Waals surface area contributed by atoms with Crippen molar-refractivity contribution in [2.45, 2.75) is 65.2 Å². The SMILES string of the molecule is CCCCCN(CCCCC)COC[C@@H]1C[C@@H]2C=C[C@H]1C2. The average molecular weight is 293 g/mol. The Morgan fingerprint density at radius 3 is 2.19 bits per heavy atom. The van der Waals surface area contributed by atoms with Crippen LogP contribution in [-0.4, -0.2) is 31.3 Å². The molecule has 0 N–H and O–H groups in total. The molecule has 0 heterocycles. The fourth-order valence-corrected chi connectivity index (χ4v) is 3.83. The van der Waals surface area contributed by atoms with Gasteiger partial charge in [0.05, 0.1) is 13.3 Å². The predicted molar refractivity (Wildman–Crippen MR) is 90.3 cm³/mol. The van der Waals surface area contributed by atoms with Crippen molar-refractivity contribution in [3.63, 3.8) is 0 Å². The average Bonchev–Trinajstić information content (AvgIpc) is 3.10. The second-order valence-electron chi connectivity index (χ2n) is 7.07. The van der Waals surface area contributed by atoms with Gasteiger partial charge in [-0.3, -0.25) is 4.90 Å². The molecular weight excluding hydrogens is 258 g/mol. The van der Waals surface area contributed by atoms with Gasteiger partial charge in [0.15, 0.2) is 0 Å². The first-order valence-electron chi connectivity index (χ1n) is 9.31. The van der Waals surface area contributed by atoms with Gasteiger partial charge in [-0.2, -0.15) is 0 Å². The van der Waals surface area contributed by atoms with Crippen LogP contribution in [0.15, 0.2) is 12.2 Å². The topological polar surface area (TPSA) is 12.5 Å². The smallest absolute Gasteiger partial charge is 0.0990 e. The monoisotopic (exact) mass is 293 g/mol. The molecule has 2 bridgehead atoms. The van der Waals surface area contributed by atoms with E-state index in [1.165, 1.54) is 64.5 Å². The molecule has 2 heteroatoms. The summed E-state index contributed by atoms with van der Waals surface area (Å²) in [6.45, 7) is 8.82. The first-order valence-corrected chi connectivity index (χ1v) is 9.31. The molecule has 0 aliphatic heterocycles. The van der Waals surface area contributed by atoms with Crippen molar-refractivity contribution >= 4 is 0 Å². The number of nitrogens with zero attached hydrogens (tertiary/aromatic N) is 1. The standard InChI is InChI=1S/C19H35NO/c1-3-5-7-11-20(12-8-6-4-2)16-21-15-19-14-17-9-10-18(19)13-17/h9-10,17-19H,3-8,11-16H2,1-2H3/t17-,18+,19+/m1/s1. The highest BCUT2D eigenvalue weighted by atomic mass is 16.5. The van der Waals surface area contributed by atoms with E-state index in [1.807, 2.05) is 0 Å². The van der Waals surface area contributed by atoms with Crippen LogP contribution in [0.4, 0.5) is 0 Å². The third-order valence-electron chi connectivity index (χ3n) is 5.18. The number of unbranched alkanes of at least 4 members (excludes halogenated alkanes) is 4. The maximum atomic E-state index is 6.09. The second kappa shape index (κ2) is 9.63. The molecular formula is C19H35NO. The van der Waals surface area contributed by atoms with Gasteiger partial charge in [0, 0.05) is 13.1 Å². The number of ether oxygens (including phenoxy) is 1. The fraction of sp³-hybridized carbons (Fsp3) is 0.895. The highest BCUT2D eigenvalue weighted by Gasteiger charge is 2.35. The van der Waals surface area contributed by atoms with E-state index in [0.717, 1.165) is 31.1 Å². The Morgan fingerprint density at radius 1 is 0.952 bits per heavy atom. The zero-order valence-electron chi connectivity index (χ0n) is 14.2. The molecule has 3 atom stereocenters. The Hall–Kier alpha value is -0.340. The minimum Gasteiger partial charge on any atom is -0.366 e. The van der Waals surface area contributed by atoms with Gasteiger partial charge in [0.25, 0.3) is 0 Å². The summed E-state index contributed by atoms with van der Waals surface area (Å²) in [6.07, 6.45) is 15.6. The quantitative estimate of drug-likeness (QED) is 0.289. The Bertz CT molecular complexity index is 292. The van der Waals surface area contributed by atoms with Crippen LogP contribution in [-0.2, 0) is 4.74 Å². The molecule has 1 fully saturated rings. The Kier molecular flexibility index (Phi) is 7.81. The van der Waals surface area contributed by atoms with E-state index in [9.17, 15) is 0 Å². The van der Waals surface area contributed by atoms with Crippen LogP contribution in [0.5, 0.6) is 0 Å².